The first-order valence-corrected chi connectivity index (χ1v) is 20.3. The van der Waals surface area contributed by atoms with E-state index in [2.05, 4.69) is 219 Å². The number of para-hydroxylation sites is 2. The zero-order valence-corrected chi connectivity index (χ0v) is 32.4. The SMILES string of the molecule is CC1(C)c2ccccc2-c2ccc(N(c3ccccc3)c3ccc(-c4cccc5c4-c4ccccc4C54c5ccccc5Oc5ccc6ccccc6c54)cc3)cc21. The molecule has 0 N–H and O–H groups in total. The molecule has 3 aliphatic rings. The molecule has 0 aromatic heterocycles. The zero-order chi connectivity index (χ0) is 38.6. The van der Waals surface area contributed by atoms with Crippen molar-refractivity contribution in [2.75, 3.05) is 4.90 Å². The van der Waals surface area contributed by atoms with E-state index in [4.69, 9.17) is 4.74 Å². The van der Waals surface area contributed by atoms with E-state index in [0.29, 0.717) is 0 Å². The fourth-order valence-corrected chi connectivity index (χ4v) is 10.6. The van der Waals surface area contributed by atoms with Crippen molar-refractivity contribution < 1.29 is 4.74 Å². The highest BCUT2D eigenvalue weighted by molar-refractivity contribution is 6.01. The van der Waals surface area contributed by atoms with Gasteiger partial charge in [-0.1, -0.05) is 166 Å². The fourth-order valence-electron chi connectivity index (χ4n) is 10.6. The Balaban J connectivity index is 1.04. The van der Waals surface area contributed by atoms with Crippen molar-refractivity contribution in [1.82, 2.24) is 0 Å². The number of anilines is 3. The number of rotatable bonds is 4. The minimum atomic E-state index is -0.558. The molecule has 9 aromatic rings. The first kappa shape index (κ1) is 33.0. The lowest BCUT2D eigenvalue weighted by Crippen LogP contribution is -2.32. The van der Waals surface area contributed by atoms with Crippen LogP contribution in [0.15, 0.2) is 200 Å². The molecule has 1 atom stereocenters. The number of fused-ring (bicyclic) bond motifs is 14. The molecule has 2 heteroatoms. The Morgan fingerprint density at radius 1 is 0.397 bits per heavy atom. The Hall–Kier alpha value is -7.16. The van der Waals surface area contributed by atoms with Crippen LogP contribution in [-0.2, 0) is 10.8 Å². The summed E-state index contributed by atoms with van der Waals surface area (Å²) in [6.45, 7) is 4.70. The largest absolute Gasteiger partial charge is 0.457 e. The van der Waals surface area contributed by atoms with Gasteiger partial charge in [0, 0.05) is 33.6 Å². The van der Waals surface area contributed by atoms with E-state index in [1.54, 1.807) is 0 Å². The number of nitrogens with zero attached hydrogens (tertiary/aromatic N) is 1. The second kappa shape index (κ2) is 12.2. The van der Waals surface area contributed by atoms with Crippen LogP contribution < -0.4 is 9.64 Å². The third-order valence-corrected chi connectivity index (χ3v) is 13.1. The molecule has 0 amide bonds. The van der Waals surface area contributed by atoms with Gasteiger partial charge in [-0.15, -0.1) is 0 Å². The van der Waals surface area contributed by atoms with E-state index in [0.717, 1.165) is 28.6 Å². The molecule has 12 rings (SSSR count). The van der Waals surface area contributed by atoms with Gasteiger partial charge >= 0.3 is 0 Å². The van der Waals surface area contributed by atoms with E-state index >= 15 is 0 Å². The van der Waals surface area contributed by atoms with Gasteiger partial charge in [0.05, 0.1) is 5.41 Å². The molecule has 1 unspecified atom stereocenters. The molecule has 0 saturated carbocycles. The third kappa shape index (κ3) is 4.43. The van der Waals surface area contributed by atoms with Crippen LogP contribution in [-0.4, -0.2) is 0 Å². The van der Waals surface area contributed by atoms with Crippen LogP contribution in [0.1, 0.15) is 47.2 Å². The molecule has 2 aliphatic carbocycles. The van der Waals surface area contributed by atoms with E-state index in [1.165, 1.54) is 77.5 Å². The van der Waals surface area contributed by atoms with Gasteiger partial charge in [0.1, 0.15) is 11.5 Å². The molecule has 1 aliphatic heterocycles. The molecular weight excluding hydrogens is 703 g/mol. The summed E-state index contributed by atoms with van der Waals surface area (Å²) < 4.78 is 6.77. The van der Waals surface area contributed by atoms with Crippen molar-refractivity contribution in [3.8, 4) is 44.9 Å². The Bertz CT molecular complexity index is 3120. The van der Waals surface area contributed by atoms with E-state index in [-0.39, 0.29) is 5.41 Å². The van der Waals surface area contributed by atoms with Crippen LogP contribution in [0.25, 0.3) is 44.2 Å². The van der Waals surface area contributed by atoms with Crippen molar-refractivity contribution in [2.45, 2.75) is 24.7 Å². The van der Waals surface area contributed by atoms with Gasteiger partial charge in [0.2, 0.25) is 0 Å². The van der Waals surface area contributed by atoms with Crippen molar-refractivity contribution in [1.29, 1.82) is 0 Å². The number of ether oxygens (including phenoxy) is 1. The van der Waals surface area contributed by atoms with Crippen LogP contribution in [0.2, 0.25) is 0 Å². The third-order valence-electron chi connectivity index (χ3n) is 13.1. The summed E-state index contributed by atoms with van der Waals surface area (Å²) in [4.78, 5) is 2.39. The number of hydrogen-bond donors (Lipinski definition) is 0. The lowest BCUT2D eigenvalue weighted by molar-refractivity contribution is 0.438. The monoisotopic (exact) mass is 741 g/mol. The second-order valence-electron chi connectivity index (χ2n) is 16.4. The molecule has 0 bridgehead atoms. The molecule has 0 saturated heterocycles. The van der Waals surface area contributed by atoms with Crippen molar-refractivity contribution in [3.05, 3.63) is 234 Å². The van der Waals surface area contributed by atoms with Gasteiger partial charge in [-0.05, 0) is 115 Å². The van der Waals surface area contributed by atoms with E-state index in [9.17, 15) is 0 Å². The minimum Gasteiger partial charge on any atom is -0.457 e. The molecule has 274 valence electrons. The van der Waals surface area contributed by atoms with E-state index < -0.39 is 5.41 Å². The molecule has 1 spiro atoms. The molecular formula is C56H39NO. The summed E-state index contributed by atoms with van der Waals surface area (Å²) >= 11 is 0. The van der Waals surface area contributed by atoms with Crippen LogP contribution in [0, 0.1) is 0 Å². The van der Waals surface area contributed by atoms with Gasteiger partial charge in [0.15, 0.2) is 0 Å². The maximum Gasteiger partial charge on any atom is 0.132 e. The summed E-state index contributed by atoms with van der Waals surface area (Å²) in [5.74, 6) is 1.82. The van der Waals surface area contributed by atoms with Crippen molar-refractivity contribution in [3.63, 3.8) is 0 Å². The fraction of sp³-hybridized carbons (Fsp3) is 0.0714. The topological polar surface area (TPSA) is 12.5 Å². The van der Waals surface area contributed by atoms with Crippen molar-refractivity contribution >= 4 is 27.8 Å². The van der Waals surface area contributed by atoms with Crippen LogP contribution in [0.4, 0.5) is 17.1 Å². The molecule has 9 aromatic carbocycles. The molecule has 0 radical (unpaired) electrons. The average Bonchev–Trinajstić information content (AvgIpc) is 3.70. The zero-order valence-electron chi connectivity index (χ0n) is 32.4. The Morgan fingerprint density at radius 3 is 1.86 bits per heavy atom. The highest BCUT2D eigenvalue weighted by Crippen LogP contribution is 2.64. The van der Waals surface area contributed by atoms with Gasteiger partial charge in [-0.25, -0.2) is 0 Å². The van der Waals surface area contributed by atoms with Crippen LogP contribution >= 0.6 is 0 Å². The lowest BCUT2D eigenvalue weighted by Gasteiger charge is -2.40. The molecule has 2 nitrogen and oxygen atoms in total. The second-order valence-corrected chi connectivity index (χ2v) is 16.4. The Morgan fingerprint density at radius 2 is 1.02 bits per heavy atom. The number of hydrogen-bond acceptors (Lipinski definition) is 2. The Kier molecular flexibility index (Phi) is 6.93. The summed E-state index contributed by atoms with van der Waals surface area (Å²) in [5.41, 5.74) is 18.1. The summed E-state index contributed by atoms with van der Waals surface area (Å²) in [5, 5.41) is 2.42. The van der Waals surface area contributed by atoms with Crippen LogP contribution in [0.5, 0.6) is 11.5 Å². The average molecular weight is 742 g/mol. The lowest BCUT2D eigenvalue weighted by atomic mass is 9.65. The highest BCUT2D eigenvalue weighted by Gasteiger charge is 2.52. The smallest absolute Gasteiger partial charge is 0.132 e. The highest BCUT2D eigenvalue weighted by atomic mass is 16.5. The molecule has 58 heavy (non-hydrogen) atoms. The maximum absolute atomic E-state index is 6.77. The number of benzene rings is 9. The van der Waals surface area contributed by atoms with Crippen molar-refractivity contribution in [2.24, 2.45) is 0 Å². The predicted octanol–water partition coefficient (Wildman–Crippen LogP) is 14.8. The molecule has 0 fully saturated rings. The maximum atomic E-state index is 6.77. The Labute approximate surface area is 339 Å². The van der Waals surface area contributed by atoms with E-state index in [1.807, 2.05) is 0 Å². The predicted molar refractivity (Wildman–Crippen MR) is 239 cm³/mol. The quantitative estimate of drug-likeness (QED) is 0.178. The van der Waals surface area contributed by atoms with Gasteiger partial charge < -0.3 is 9.64 Å². The summed E-state index contributed by atoms with van der Waals surface area (Å²) in [6.07, 6.45) is 0. The minimum absolute atomic E-state index is 0.0900. The summed E-state index contributed by atoms with van der Waals surface area (Å²) in [7, 11) is 0. The summed E-state index contributed by atoms with van der Waals surface area (Å²) in [6, 6.07) is 73.5. The van der Waals surface area contributed by atoms with Gasteiger partial charge in [-0.3, -0.25) is 0 Å². The first-order chi connectivity index (χ1) is 28.5. The standard InChI is InChI=1S/C56H39NO/c1-55(2)46-22-10-8-19-43(46)44-33-32-40(35-50(44)55)57(38-16-4-3-5-17-38)39-30-27-37(28-31-39)41-21-14-25-49-53(41)45-20-9-11-23-47(45)56(49)48-24-12-13-26-51(48)58-52-34-29-36-15-6-7-18-42(36)54(52)56/h3-35H,1-2H3. The van der Waals surface area contributed by atoms with Crippen LogP contribution in [0.3, 0.4) is 0 Å². The first-order valence-electron chi connectivity index (χ1n) is 20.3. The molecule has 1 heterocycles. The van der Waals surface area contributed by atoms with Gasteiger partial charge in [0.25, 0.3) is 0 Å². The normalized spacial score (nSPS) is 16.1. The van der Waals surface area contributed by atoms with Gasteiger partial charge in [-0.2, -0.15) is 0 Å².